The molecule has 29 heavy (non-hydrogen) atoms. The minimum atomic E-state index is 0.706. The van der Waals surface area contributed by atoms with Crippen LogP contribution in [-0.2, 0) is 19.6 Å². The Morgan fingerprint density at radius 2 is 1.62 bits per heavy atom. The molecule has 6 heteroatoms. The highest BCUT2D eigenvalue weighted by atomic mass is 15.2. The summed E-state index contributed by atoms with van der Waals surface area (Å²) in [4.78, 5) is 13.3. The molecular formula is C23H34N6. The fourth-order valence-electron chi connectivity index (χ4n) is 3.55. The van der Waals surface area contributed by atoms with Crippen LogP contribution in [0.5, 0.6) is 0 Å². The summed E-state index contributed by atoms with van der Waals surface area (Å²) in [5, 5.41) is 6.77. The molecule has 6 nitrogen and oxygen atoms in total. The van der Waals surface area contributed by atoms with Crippen LogP contribution < -0.4 is 15.5 Å². The number of hydrogen-bond donors (Lipinski definition) is 2. The molecule has 0 spiro atoms. The first-order valence-electron chi connectivity index (χ1n) is 10.5. The van der Waals surface area contributed by atoms with E-state index in [9.17, 15) is 0 Å². The van der Waals surface area contributed by atoms with Crippen molar-refractivity contribution in [3.63, 3.8) is 0 Å². The molecule has 1 saturated heterocycles. The van der Waals surface area contributed by atoms with Gasteiger partial charge in [0.2, 0.25) is 0 Å². The van der Waals surface area contributed by atoms with Crippen LogP contribution in [0.1, 0.15) is 36.0 Å². The van der Waals surface area contributed by atoms with Gasteiger partial charge in [-0.05, 0) is 54.8 Å². The van der Waals surface area contributed by atoms with Gasteiger partial charge in [0.15, 0.2) is 5.96 Å². The number of nitrogens with zero attached hydrogens (tertiary/aromatic N) is 4. The molecule has 1 aromatic carbocycles. The molecule has 2 aromatic rings. The van der Waals surface area contributed by atoms with Crippen LogP contribution in [0.3, 0.4) is 0 Å². The van der Waals surface area contributed by atoms with Gasteiger partial charge in [-0.1, -0.05) is 30.7 Å². The molecule has 0 atom stereocenters. The van der Waals surface area contributed by atoms with Gasteiger partial charge >= 0.3 is 0 Å². The predicted molar refractivity (Wildman–Crippen MR) is 121 cm³/mol. The van der Waals surface area contributed by atoms with E-state index in [1.54, 1.807) is 7.05 Å². The van der Waals surface area contributed by atoms with Crippen molar-refractivity contribution in [2.75, 3.05) is 39.1 Å². The highest BCUT2D eigenvalue weighted by Gasteiger charge is 2.10. The van der Waals surface area contributed by atoms with E-state index in [0.717, 1.165) is 24.9 Å². The second-order valence-electron chi connectivity index (χ2n) is 7.85. The maximum absolute atomic E-state index is 4.36. The minimum Gasteiger partial charge on any atom is -0.363 e. The number of piperidine rings is 1. The largest absolute Gasteiger partial charge is 0.363 e. The van der Waals surface area contributed by atoms with Crippen molar-refractivity contribution < 1.29 is 0 Å². The SMILES string of the molecule is CN=C(NCc1ccc(CN2CCCCC2)cc1)NCc1ccnc(N(C)C)c1. The number of anilines is 1. The molecule has 1 fully saturated rings. The molecule has 0 saturated carbocycles. The summed E-state index contributed by atoms with van der Waals surface area (Å²) in [6.45, 7) is 5.00. The third kappa shape index (κ3) is 6.75. The molecule has 0 unspecified atom stereocenters. The van der Waals surface area contributed by atoms with Crippen LogP contribution in [0.15, 0.2) is 47.6 Å². The lowest BCUT2D eigenvalue weighted by molar-refractivity contribution is 0.221. The number of pyridine rings is 1. The fourth-order valence-corrected chi connectivity index (χ4v) is 3.55. The maximum atomic E-state index is 4.36. The summed E-state index contributed by atoms with van der Waals surface area (Å²) < 4.78 is 0. The molecule has 0 radical (unpaired) electrons. The second-order valence-corrected chi connectivity index (χ2v) is 7.85. The van der Waals surface area contributed by atoms with Crippen LogP contribution in [0.2, 0.25) is 0 Å². The molecule has 1 aliphatic rings. The highest BCUT2D eigenvalue weighted by Crippen LogP contribution is 2.14. The van der Waals surface area contributed by atoms with Crippen molar-refractivity contribution in [3.05, 3.63) is 59.3 Å². The van der Waals surface area contributed by atoms with E-state index in [0.29, 0.717) is 6.54 Å². The summed E-state index contributed by atoms with van der Waals surface area (Å²) in [6.07, 6.45) is 5.90. The van der Waals surface area contributed by atoms with Gasteiger partial charge in [-0.25, -0.2) is 4.98 Å². The lowest BCUT2D eigenvalue weighted by Gasteiger charge is -2.26. The van der Waals surface area contributed by atoms with Gasteiger partial charge in [-0.3, -0.25) is 9.89 Å². The Balaban J connectivity index is 1.46. The van der Waals surface area contributed by atoms with Gasteiger partial charge in [-0.2, -0.15) is 0 Å². The van der Waals surface area contributed by atoms with Gasteiger partial charge in [0.05, 0.1) is 0 Å². The zero-order chi connectivity index (χ0) is 20.5. The van der Waals surface area contributed by atoms with Gasteiger partial charge in [-0.15, -0.1) is 0 Å². The van der Waals surface area contributed by atoms with E-state index in [1.807, 2.05) is 31.3 Å². The summed E-state index contributed by atoms with van der Waals surface area (Å²) in [5.74, 6) is 1.75. The van der Waals surface area contributed by atoms with Gasteiger partial charge < -0.3 is 15.5 Å². The molecule has 0 amide bonds. The van der Waals surface area contributed by atoms with Crippen molar-refractivity contribution in [3.8, 4) is 0 Å². The fraction of sp³-hybridized carbons (Fsp3) is 0.478. The summed E-state index contributed by atoms with van der Waals surface area (Å²) >= 11 is 0. The Morgan fingerprint density at radius 3 is 2.28 bits per heavy atom. The Morgan fingerprint density at radius 1 is 0.966 bits per heavy atom. The number of benzene rings is 1. The minimum absolute atomic E-state index is 0.706. The average Bonchev–Trinajstić information content (AvgIpc) is 2.76. The van der Waals surface area contributed by atoms with Gasteiger partial charge in [0.25, 0.3) is 0 Å². The predicted octanol–water partition coefficient (Wildman–Crippen LogP) is 3.00. The van der Waals surface area contributed by atoms with Crippen LogP contribution in [0, 0.1) is 0 Å². The van der Waals surface area contributed by atoms with Crippen LogP contribution in [0.25, 0.3) is 0 Å². The maximum Gasteiger partial charge on any atom is 0.191 e. The quantitative estimate of drug-likeness (QED) is 0.559. The summed E-state index contributed by atoms with van der Waals surface area (Å²) in [6, 6.07) is 13.0. The topological polar surface area (TPSA) is 55.8 Å². The average molecular weight is 395 g/mol. The molecule has 3 rings (SSSR count). The number of likely N-dealkylation sites (tertiary alicyclic amines) is 1. The molecule has 156 valence electrons. The molecule has 2 N–H and O–H groups in total. The molecule has 1 aliphatic heterocycles. The Bertz CT molecular complexity index is 778. The zero-order valence-corrected chi connectivity index (χ0v) is 18.0. The number of aromatic nitrogens is 1. The Kier molecular flexibility index (Phi) is 7.87. The van der Waals surface area contributed by atoms with Crippen molar-refractivity contribution in [2.24, 2.45) is 4.99 Å². The lowest BCUT2D eigenvalue weighted by Crippen LogP contribution is -2.36. The first-order chi connectivity index (χ1) is 14.1. The van der Waals surface area contributed by atoms with Crippen molar-refractivity contribution in [1.29, 1.82) is 0 Å². The van der Waals surface area contributed by atoms with E-state index in [4.69, 9.17) is 0 Å². The first kappa shape index (κ1) is 21.1. The third-order valence-corrected chi connectivity index (χ3v) is 5.29. The first-order valence-corrected chi connectivity index (χ1v) is 10.5. The molecular weight excluding hydrogens is 360 g/mol. The summed E-state index contributed by atoms with van der Waals surface area (Å²) in [7, 11) is 5.80. The molecule has 0 bridgehead atoms. The van der Waals surface area contributed by atoms with E-state index < -0.39 is 0 Å². The molecule has 0 aliphatic carbocycles. The van der Waals surface area contributed by atoms with E-state index >= 15 is 0 Å². The number of nitrogens with one attached hydrogen (secondary N) is 2. The van der Waals surface area contributed by atoms with Crippen molar-refractivity contribution in [2.45, 2.75) is 38.9 Å². The number of rotatable bonds is 7. The standard InChI is InChI=1S/C23H34N6/c1-24-23(27-17-21-11-12-25-22(15-21)28(2)3)26-16-19-7-9-20(10-8-19)18-29-13-5-4-6-14-29/h7-12,15H,4-6,13-14,16-18H2,1-3H3,(H2,24,26,27). The number of guanidine groups is 1. The Labute approximate surface area is 175 Å². The summed E-state index contributed by atoms with van der Waals surface area (Å²) in [5.41, 5.74) is 3.83. The van der Waals surface area contributed by atoms with Gasteiger partial charge in [0, 0.05) is 47.0 Å². The van der Waals surface area contributed by atoms with E-state index in [-0.39, 0.29) is 0 Å². The van der Waals surface area contributed by atoms with Crippen LogP contribution >= 0.6 is 0 Å². The highest BCUT2D eigenvalue weighted by molar-refractivity contribution is 5.79. The molecule has 1 aromatic heterocycles. The van der Waals surface area contributed by atoms with Crippen molar-refractivity contribution in [1.82, 2.24) is 20.5 Å². The third-order valence-electron chi connectivity index (χ3n) is 5.29. The second kappa shape index (κ2) is 10.8. The van der Waals surface area contributed by atoms with Crippen LogP contribution in [0.4, 0.5) is 5.82 Å². The monoisotopic (exact) mass is 394 g/mol. The smallest absolute Gasteiger partial charge is 0.191 e. The van der Waals surface area contributed by atoms with Gasteiger partial charge in [0.1, 0.15) is 5.82 Å². The van der Waals surface area contributed by atoms with E-state index in [2.05, 4.69) is 55.8 Å². The van der Waals surface area contributed by atoms with Crippen molar-refractivity contribution >= 4 is 11.8 Å². The lowest BCUT2D eigenvalue weighted by atomic mass is 10.1. The molecule has 2 heterocycles. The number of aliphatic imine (C=N–C) groups is 1. The zero-order valence-electron chi connectivity index (χ0n) is 18.0. The van der Waals surface area contributed by atoms with E-state index in [1.165, 1.54) is 49.0 Å². The number of hydrogen-bond acceptors (Lipinski definition) is 4. The Hall–Kier alpha value is -2.60. The van der Waals surface area contributed by atoms with Crippen LogP contribution in [-0.4, -0.2) is 50.1 Å². The normalized spacial score (nSPS) is 15.2.